The summed E-state index contributed by atoms with van der Waals surface area (Å²) >= 11 is 3.28. The zero-order chi connectivity index (χ0) is 13.9. The molecule has 5 nitrogen and oxygen atoms in total. The van der Waals surface area contributed by atoms with E-state index in [1.54, 1.807) is 36.3 Å². The summed E-state index contributed by atoms with van der Waals surface area (Å²) in [5.41, 5.74) is 0.634. The van der Waals surface area contributed by atoms with Crippen LogP contribution >= 0.6 is 23.5 Å². The van der Waals surface area contributed by atoms with Gasteiger partial charge in [-0.3, -0.25) is 19.9 Å². The highest BCUT2D eigenvalue weighted by atomic mass is 32.2. The van der Waals surface area contributed by atoms with Crippen LogP contribution in [0.5, 0.6) is 0 Å². The summed E-state index contributed by atoms with van der Waals surface area (Å²) < 4.78 is 0. The fraction of sp³-hybridized carbons (Fsp3) is 0.462. The first-order valence-corrected chi connectivity index (χ1v) is 8.64. The Kier molecular flexibility index (Phi) is 4.28. The average Bonchev–Trinajstić information content (AvgIpc) is 3.18. The van der Waals surface area contributed by atoms with E-state index in [0.717, 1.165) is 18.2 Å². The number of nitrogens with zero attached hydrogens (tertiary/aromatic N) is 2. The molecule has 2 aliphatic rings. The lowest BCUT2D eigenvalue weighted by Gasteiger charge is -2.19. The molecule has 0 bridgehead atoms. The molecule has 7 heteroatoms. The van der Waals surface area contributed by atoms with Gasteiger partial charge in [-0.25, -0.2) is 0 Å². The van der Waals surface area contributed by atoms with Gasteiger partial charge in [-0.1, -0.05) is 0 Å². The van der Waals surface area contributed by atoms with Crippen molar-refractivity contribution < 1.29 is 9.59 Å². The number of hydrogen-bond acceptors (Lipinski definition) is 6. The largest absolute Gasteiger partial charge is 0.331 e. The summed E-state index contributed by atoms with van der Waals surface area (Å²) in [6.07, 6.45) is 3.22. The molecule has 2 atom stereocenters. The number of Topliss-reactive ketones (excluding diaryl/α,β-unsaturated/α-hetero) is 1. The maximum atomic E-state index is 12.3. The second-order valence-corrected chi connectivity index (χ2v) is 6.88. The Morgan fingerprint density at radius 2 is 2.15 bits per heavy atom. The van der Waals surface area contributed by atoms with Crippen LogP contribution in [0.15, 0.2) is 24.5 Å². The number of aromatic nitrogens is 1. The van der Waals surface area contributed by atoms with Gasteiger partial charge in [-0.05, 0) is 12.1 Å². The highest BCUT2D eigenvalue weighted by molar-refractivity contribution is 8.01. The van der Waals surface area contributed by atoms with Crippen LogP contribution in [0.2, 0.25) is 0 Å². The van der Waals surface area contributed by atoms with Crippen LogP contribution in [0.4, 0.5) is 0 Å². The molecule has 2 fully saturated rings. The van der Waals surface area contributed by atoms with Gasteiger partial charge in [0.15, 0.2) is 5.78 Å². The maximum Gasteiger partial charge on any atom is 0.241 e. The van der Waals surface area contributed by atoms with Crippen LogP contribution in [-0.4, -0.2) is 56.9 Å². The quantitative estimate of drug-likeness (QED) is 0.835. The summed E-state index contributed by atoms with van der Waals surface area (Å²) in [6.45, 7) is 0.815. The topological polar surface area (TPSA) is 62.3 Å². The number of hydrogen-bond donors (Lipinski definition) is 1. The Hall–Kier alpha value is -1.05. The predicted octanol–water partition coefficient (Wildman–Crippen LogP) is 0.828. The van der Waals surface area contributed by atoms with E-state index in [0.29, 0.717) is 11.3 Å². The third-order valence-electron chi connectivity index (χ3n) is 3.35. The van der Waals surface area contributed by atoms with Gasteiger partial charge in [0.05, 0.1) is 11.9 Å². The van der Waals surface area contributed by atoms with Gasteiger partial charge in [0.25, 0.3) is 0 Å². The molecular weight excluding hydrogens is 294 g/mol. The Morgan fingerprint density at radius 1 is 1.35 bits per heavy atom. The highest BCUT2D eigenvalue weighted by Crippen LogP contribution is 2.24. The van der Waals surface area contributed by atoms with E-state index in [1.807, 2.05) is 4.90 Å². The minimum Gasteiger partial charge on any atom is -0.331 e. The third kappa shape index (κ3) is 2.84. The van der Waals surface area contributed by atoms with Crippen molar-refractivity contribution >= 4 is 35.2 Å². The molecule has 1 N–H and O–H groups in total. The molecule has 1 aromatic heterocycles. The molecule has 20 heavy (non-hydrogen) atoms. The lowest BCUT2D eigenvalue weighted by atomic mass is 10.1. The Bertz CT molecular complexity index is 506. The van der Waals surface area contributed by atoms with Crippen molar-refractivity contribution in [3.05, 3.63) is 30.1 Å². The standard InChI is InChI=1S/C13H15N3O2S2/c17-11(9-1-3-14-4-2-9)12-15-10(7-20-12)13(18)16-5-6-19-8-16/h1-4,10,12,15H,5-8H2/t10?,12-/m1/s1. The van der Waals surface area contributed by atoms with Crippen molar-refractivity contribution in [2.45, 2.75) is 11.4 Å². The number of ketones is 1. The van der Waals surface area contributed by atoms with Crippen LogP contribution in [-0.2, 0) is 4.79 Å². The molecule has 106 valence electrons. The minimum absolute atomic E-state index is 0.0171. The number of thioether (sulfide) groups is 2. The van der Waals surface area contributed by atoms with Gasteiger partial charge in [0.1, 0.15) is 5.37 Å². The SMILES string of the molecule is O=C(c1ccncc1)[C@@H]1NC(C(=O)N2CCSC2)CS1. The van der Waals surface area contributed by atoms with Crippen molar-refractivity contribution in [3.63, 3.8) is 0 Å². The molecule has 3 rings (SSSR count). The van der Waals surface area contributed by atoms with Gasteiger partial charge in [0.2, 0.25) is 5.91 Å². The summed E-state index contributed by atoms with van der Waals surface area (Å²) in [7, 11) is 0. The van der Waals surface area contributed by atoms with Crippen molar-refractivity contribution in [2.24, 2.45) is 0 Å². The fourth-order valence-corrected chi connectivity index (χ4v) is 4.37. The van der Waals surface area contributed by atoms with Crippen molar-refractivity contribution in [3.8, 4) is 0 Å². The van der Waals surface area contributed by atoms with Crippen LogP contribution < -0.4 is 5.32 Å². The molecule has 1 amide bonds. The summed E-state index contributed by atoms with van der Waals surface area (Å²) in [4.78, 5) is 30.3. The molecule has 1 aromatic rings. The molecule has 2 saturated heterocycles. The number of nitrogens with one attached hydrogen (secondary N) is 1. The maximum absolute atomic E-state index is 12.3. The number of carbonyl (C=O) groups is 2. The predicted molar refractivity (Wildman–Crippen MR) is 80.8 cm³/mol. The second kappa shape index (κ2) is 6.15. The van der Waals surface area contributed by atoms with Crippen LogP contribution in [0.1, 0.15) is 10.4 Å². The van der Waals surface area contributed by atoms with Gasteiger partial charge >= 0.3 is 0 Å². The third-order valence-corrected chi connectivity index (χ3v) is 5.52. The second-order valence-electron chi connectivity index (χ2n) is 4.67. The summed E-state index contributed by atoms with van der Waals surface area (Å²) in [5, 5.41) is 2.83. The number of pyridine rings is 1. The molecule has 1 unspecified atom stereocenters. The lowest BCUT2D eigenvalue weighted by Crippen LogP contribution is -2.46. The van der Waals surface area contributed by atoms with Crippen LogP contribution in [0.3, 0.4) is 0 Å². The zero-order valence-corrected chi connectivity index (χ0v) is 12.5. The first-order chi connectivity index (χ1) is 9.75. The molecule has 2 aliphatic heterocycles. The van der Waals surface area contributed by atoms with E-state index in [9.17, 15) is 9.59 Å². The van der Waals surface area contributed by atoms with E-state index in [4.69, 9.17) is 0 Å². The number of rotatable bonds is 3. The van der Waals surface area contributed by atoms with Crippen LogP contribution in [0.25, 0.3) is 0 Å². The Morgan fingerprint density at radius 3 is 2.85 bits per heavy atom. The number of carbonyl (C=O) groups excluding carboxylic acids is 2. The van der Waals surface area contributed by atoms with Crippen LogP contribution in [0, 0.1) is 0 Å². The van der Waals surface area contributed by atoms with E-state index in [1.165, 1.54) is 11.8 Å². The molecule has 0 aromatic carbocycles. The first-order valence-electron chi connectivity index (χ1n) is 6.44. The Labute approximate surface area is 125 Å². The molecule has 3 heterocycles. The van der Waals surface area contributed by atoms with Gasteiger partial charge < -0.3 is 4.90 Å². The molecule has 0 saturated carbocycles. The smallest absolute Gasteiger partial charge is 0.241 e. The van der Waals surface area contributed by atoms with Gasteiger partial charge in [-0.2, -0.15) is 0 Å². The van der Waals surface area contributed by atoms with Crippen molar-refractivity contribution in [1.82, 2.24) is 15.2 Å². The fourth-order valence-electron chi connectivity index (χ4n) is 2.24. The van der Waals surface area contributed by atoms with E-state index < -0.39 is 0 Å². The van der Waals surface area contributed by atoms with Crippen molar-refractivity contribution in [1.29, 1.82) is 0 Å². The van der Waals surface area contributed by atoms with Crippen molar-refractivity contribution in [2.75, 3.05) is 23.9 Å². The minimum atomic E-state index is -0.332. The molecule has 0 aliphatic carbocycles. The zero-order valence-electron chi connectivity index (χ0n) is 10.8. The molecule has 0 radical (unpaired) electrons. The molecule has 0 spiro atoms. The van der Waals surface area contributed by atoms with E-state index in [2.05, 4.69) is 10.3 Å². The first kappa shape index (κ1) is 13.9. The Balaban J connectivity index is 1.62. The van der Waals surface area contributed by atoms with E-state index >= 15 is 0 Å². The lowest BCUT2D eigenvalue weighted by molar-refractivity contribution is -0.131. The highest BCUT2D eigenvalue weighted by Gasteiger charge is 2.36. The molecular formula is C13H15N3O2S2. The summed E-state index contributed by atoms with van der Waals surface area (Å²) in [6, 6.07) is 3.17. The average molecular weight is 309 g/mol. The van der Waals surface area contributed by atoms with Gasteiger partial charge in [0, 0.05) is 36.0 Å². The van der Waals surface area contributed by atoms with Gasteiger partial charge in [-0.15, -0.1) is 23.5 Å². The normalized spacial score (nSPS) is 25.9. The number of amides is 1. The van der Waals surface area contributed by atoms with E-state index in [-0.39, 0.29) is 23.1 Å². The summed E-state index contributed by atoms with van der Waals surface area (Å²) in [5.74, 6) is 2.56. The monoisotopic (exact) mass is 309 g/mol.